The molecule has 4 aliphatic carbocycles. The van der Waals surface area contributed by atoms with E-state index >= 15 is 0 Å². The molecule has 10 nitrogen and oxygen atoms in total. The number of para-hydroxylation sites is 1. The van der Waals surface area contributed by atoms with Gasteiger partial charge in [-0.1, -0.05) is 23.5 Å². The third-order valence-electron chi connectivity index (χ3n) is 10.8. The van der Waals surface area contributed by atoms with Gasteiger partial charge in [0, 0.05) is 40.5 Å². The number of thiazole rings is 1. The Morgan fingerprint density at radius 1 is 0.978 bits per heavy atom. The predicted molar refractivity (Wildman–Crippen MR) is 178 cm³/mol. The first-order valence-corrected chi connectivity index (χ1v) is 16.9. The Kier molecular flexibility index (Phi) is 6.12. The maximum Gasteiger partial charge on any atom is 0.355 e. The fraction of sp³-hybridized carbons (Fsp3) is 0.371. The van der Waals surface area contributed by atoms with Crippen LogP contribution in [0.1, 0.15) is 60.3 Å². The quantitative estimate of drug-likeness (QED) is 0.185. The molecule has 5 heterocycles. The summed E-state index contributed by atoms with van der Waals surface area (Å²) in [7, 11) is 0. The van der Waals surface area contributed by atoms with E-state index in [1.807, 2.05) is 61.8 Å². The zero-order chi connectivity index (χ0) is 31.2. The molecule has 0 aliphatic heterocycles. The van der Waals surface area contributed by atoms with Gasteiger partial charge in [0.05, 0.1) is 16.4 Å². The van der Waals surface area contributed by atoms with E-state index in [2.05, 4.69) is 37.1 Å². The summed E-state index contributed by atoms with van der Waals surface area (Å²) in [5, 5.41) is 29.1. The number of fused-ring (bicyclic) bond motifs is 2. The number of nitrogens with zero attached hydrogens (tertiary/aromatic N) is 7. The van der Waals surface area contributed by atoms with Gasteiger partial charge in [-0.15, -0.1) is 10.2 Å². The smallest absolute Gasteiger partial charge is 0.355 e. The molecule has 0 unspecified atom stereocenters. The summed E-state index contributed by atoms with van der Waals surface area (Å²) in [4.78, 5) is 21.9. The summed E-state index contributed by atoms with van der Waals surface area (Å²) in [6.07, 6.45) is 11.8. The molecule has 2 N–H and O–H groups in total. The van der Waals surface area contributed by atoms with Crippen molar-refractivity contribution >= 4 is 49.5 Å². The lowest BCUT2D eigenvalue weighted by Crippen LogP contribution is -2.48. The molecular formula is C35H34N8O2S. The van der Waals surface area contributed by atoms with E-state index < -0.39 is 5.97 Å². The second kappa shape index (κ2) is 10.2. The van der Waals surface area contributed by atoms with E-state index in [-0.39, 0.29) is 5.69 Å². The molecule has 11 heteroatoms. The topological polar surface area (TPSA) is 124 Å². The van der Waals surface area contributed by atoms with Crippen molar-refractivity contribution in [1.29, 1.82) is 0 Å². The summed E-state index contributed by atoms with van der Waals surface area (Å²) < 4.78 is 5.01. The van der Waals surface area contributed by atoms with E-state index in [9.17, 15) is 9.90 Å². The van der Waals surface area contributed by atoms with Gasteiger partial charge in [-0.25, -0.2) is 14.8 Å². The van der Waals surface area contributed by atoms with Crippen molar-refractivity contribution in [2.45, 2.75) is 58.9 Å². The number of rotatable bonds is 7. The molecule has 0 amide bonds. The highest BCUT2D eigenvalue weighted by Crippen LogP contribution is 2.60. The van der Waals surface area contributed by atoms with Gasteiger partial charge < -0.3 is 10.4 Å². The molecule has 4 saturated carbocycles. The number of carboxylic acid groups (broad SMARTS) is 1. The highest BCUT2D eigenvalue weighted by atomic mass is 32.1. The summed E-state index contributed by atoms with van der Waals surface area (Å²) in [6, 6.07) is 13.6. The van der Waals surface area contributed by atoms with Gasteiger partial charge in [-0.2, -0.15) is 5.10 Å². The van der Waals surface area contributed by atoms with E-state index in [0.29, 0.717) is 28.3 Å². The molecule has 0 radical (unpaired) electrons. The monoisotopic (exact) mass is 630 g/mol. The number of hydrogen-bond acceptors (Lipinski definition) is 8. The van der Waals surface area contributed by atoms with Crippen molar-refractivity contribution in [2.75, 3.05) is 5.32 Å². The maximum absolute atomic E-state index is 12.6. The van der Waals surface area contributed by atoms with Crippen LogP contribution in [0.3, 0.4) is 0 Å². The number of benzene rings is 1. The highest BCUT2D eigenvalue weighted by Gasteiger charge is 2.51. The molecule has 46 heavy (non-hydrogen) atoms. The van der Waals surface area contributed by atoms with Gasteiger partial charge in [0.1, 0.15) is 5.82 Å². The van der Waals surface area contributed by atoms with Crippen LogP contribution < -0.4 is 5.32 Å². The third kappa shape index (κ3) is 4.43. The lowest BCUT2D eigenvalue weighted by atomic mass is 9.49. The zero-order valence-corrected chi connectivity index (χ0v) is 26.6. The van der Waals surface area contributed by atoms with Crippen LogP contribution in [0.25, 0.3) is 38.2 Å². The third-order valence-corrected chi connectivity index (χ3v) is 11.7. The molecule has 4 bridgehead atoms. The number of carboxylic acids is 1. The average molecular weight is 631 g/mol. The van der Waals surface area contributed by atoms with Crippen molar-refractivity contribution in [3.63, 3.8) is 0 Å². The second-order valence-corrected chi connectivity index (χ2v) is 14.8. The first-order valence-electron chi connectivity index (χ1n) is 16.1. The lowest BCUT2D eigenvalue weighted by Gasteiger charge is -2.56. The highest BCUT2D eigenvalue weighted by molar-refractivity contribution is 7.22. The van der Waals surface area contributed by atoms with Gasteiger partial charge in [0.2, 0.25) is 0 Å². The standard InChI is InChI=1S/C35H34N8O2S/c1-19-24-9-10-42(32(24)41-40-31(19)39-34-37-27-5-3-4-6-28(27)46-34)29-8-7-25(30(38-29)33(44)45)26-17-36-43(20(26)2)18-35-14-21-11-22(15-35)13-23(12-21)16-35/h3-10,17,21-23H,11-16,18H2,1-2H3,(H,44,45)(H,37,39,40). The Balaban J connectivity index is 1.02. The zero-order valence-electron chi connectivity index (χ0n) is 25.8. The summed E-state index contributed by atoms with van der Waals surface area (Å²) >= 11 is 1.56. The number of anilines is 2. The second-order valence-electron chi connectivity index (χ2n) is 13.8. The van der Waals surface area contributed by atoms with E-state index in [0.717, 1.165) is 61.9 Å². The largest absolute Gasteiger partial charge is 0.476 e. The molecule has 0 atom stereocenters. The first-order chi connectivity index (χ1) is 22.3. The summed E-state index contributed by atoms with van der Waals surface area (Å²) in [5.41, 5.74) is 5.17. The summed E-state index contributed by atoms with van der Waals surface area (Å²) in [5.74, 6) is 2.63. The molecule has 4 aliphatic rings. The number of aryl methyl sites for hydroxylation is 1. The minimum Gasteiger partial charge on any atom is -0.476 e. The van der Waals surface area contributed by atoms with E-state index in [1.54, 1.807) is 15.9 Å². The van der Waals surface area contributed by atoms with Crippen LogP contribution in [0.4, 0.5) is 10.9 Å². The van der Waals surface area contributed by atoms with Crippen LogP contribution >= 0.6 is 11.3 Å². The molecule has 0 spiro atoms. The number of pyridine rings is 1. The molecule has 4 fully saturated rings. The van der Waals surface area contributed by atoms with E-state index in [4.69, 9.17) is 5.10 Å². The molecule has 0 saturated heterocycles. The van der Waals surface area contributed by atoms with Crippen molar-refractivity contribution in [3.8, 4) is 16.9 Å². The van der Waals surface area contributed by atoms with Gasteiger partial charge in [0.15, 0.2) is 22.3 Å². The maximum atomic E-state index is 12.6. The number of carbonyl (C=O) groups is 1. The first kappa shape index (κ1) is 27.7. The van der Waals surface area contributed by atoms with Crippen LogP contribution in [0.2, 0.25) is 0 Å². The van der Waals surface area contributed by atoms with Crippen molar-refractivity contribution in [2.24, 2.45) is 23.2 Å². The van der Waals surface area contributed by atoms with Gasteiger partial charge in [-0.05, 0) is 106 Å². The van der Waals surface area contributed by atoms with Crippen LogP contribution in [0, 0.1) is 37.0 Å². The summed E-state index contributed by atoms with van der Waals surface area (Å²) in [6.45, 7) is 4.96. The Labute approximate surface area is 269 Å². The minimum atomic E-state index is -1.08. The SMILES string of the molecule is Cc1c(Nc2nc3ccccc3s2)nnc2c1ccn2-c1ccc(-c2cnn(CC34CC5CC(CC(C5)C3)C4)c2C)c(C(=O)O)n1. The number of aromatic carboxylic acids is 1. The van der Waals surface area contributed by atoms with Crippen molar-refractivity contribution in [1.82, 2.24) is 34.5 Å². The average Bonchev–Trinajstić information content (AvgIpc) is 3.74. The molecule has 10 rings (SSSR count). The Hall–Kier alpha value is -4.64. The van der Waals surface area contributed by atoms with Gasteiger partial charge in [-0.3, -0.25) is 9.25 Å². The fourth-order valence-corrected chi connectivity index (χ4v) is 9.95. The number of hydrogen-bond donors (Lipinski definition) is 2. The molecular weight excluding hydrogens is 597 g/mol. The van der Waals surface area contributed by atoms with Crippen LogP contribution in [-0.4, -0.2) is 45.6 Å². The van der Waals surface area contributed by atoms with Crippen molar-refractivity contribution in [3.05, 3.63) is 71.8 Å². The predicted octanol–water partition coefficient (Wildman–Crippen LogP) is 7.56. The van der Waals surface area contributed by atoms with Crippen LogP contribution in [-0.2, 0) is 6.54 Å². The van der Waals surface area contributed by atoms with E-state index in [1.165, 1.54) is 38.5 Å². The minimum absolute atomic E-state index is 0.00407. The molecule has 5 aromatic heterocycles. The molecule has 1 aromatic carbocycles. The van der Waals surface area contributed by atoms with Crippen LogP contribution in [0.15, 0.2) is 54.9 Å². The fourth-order valence-electron chi connectivity index (χ4n) is 9.08. The molecule has 6 aromatic rings. The van der Waals surface area contributed by atoms with Crippen LogP contribution in [0.5, 0.6) is 0 Å². The normalized spacial score (nSPS) is 23.5. The Bertz CT molecular complexity index is 2110. The van der Waals surface area contributed by atoms with Crippen molar-refractivity contribution < 1.29 is 9.90 Å². The Morgan fingerprint density at radius 3 is 2.48 bits per heavy atom. The Morgan fingerprint density at radius 2 is 1.74 bits per heavy atom. The van der Waals surface area contributed by atoms with Gasteiger partial charge in [0.25, 0.3) is 0 Å². The number of aromatic nitrogens is 7. The molecule has 232 valence electrons. The van der Waals surface area contributed by atoms with Gasteiger partial charge >= 0.3 is 5.97 Å². The number of nitrogens with one attached hydrogen (secondary N) is 1. The lowest BCUT2D eigenvalue weighted by molar-refractivity contribution is -0.0638.